The zero-order chi connectivity index (χ0) is 21.1. The van der Waals surface area contributed by atoms with Crippen LogP contribution in [0.4, 0.5) is 0 Å². The maximum absolute atomic E-state index is 12.7. The van der Waals surface area contributed by atoms with Crippen LogP contribution < -0.4 is 0 Å². The van der Waals surface area contributed by atoms with Gasteiger partial charge in [0.2, 0.25) is 5.91 Å². The second kappa shape index (κ2) is 8.81. The molecule has 0 unspecified atom stereocenters. The third-order valence-electron chi connectivity index (χ3n) is 5.56. The molecule has 0 aliphatic carbocycles. The van der Waals surface area contributed by atoms with Gasteiger partial charge in [0, 0.05) is 19.6 Å². The number of aromatic nitrogens is 2. The lowest BCUT2D eigenvalue weighted by Crippen LogP contribution is -2.38. The lowest BCUT2D eigenvalue weighted by molar-refractivity contribution is -0.128. The number of hydrogen-bond acceptors (Lipinski definition) is 5. The van der Waals surface area contributed by atoms with E-state index < -0.39 is 9.84 Å². The maximum Gasteiger partial charge on any atom is 0.233 e. The van der Waals surface area contributed by atoms with Gasteiger partial charge >= 0.3 is 0 Å². The summed E-state index contributed by atoms with van der Waals surface area (Å²) in [5.74, 6) is 0.401. The zero-order valence-electron chi connectivity index (χ0n) is 16.9. The number of hydrogen-bond donors (Lipinski definition) is 0. The molecule has 1 aliphatic rings. The molecule has 4 rings (SSSR count). The molecule has 0 N–H and O–H groups in total. The number of imidazole rings is 1. The number of para-hydroxylation sites is 2. The largest absolute Gasteiger partial charge is 0.341 e. The van der Waals surface area contributed by atoms with Crippen LogP contribution in [0, 0.1) is 0 Å². The van der Waals surface area contributed by atoms with E-state index in [9.17, 15) is 13.2 Å². The summed E-state index contributed by atoms with van der Waals surface area (Å²) in [6.45, 7) is 0.776. The second-order valence-corrected chi connectivity index (χ2v) is 10.8. The number of benzene rings is 2. The number of amides is 1. The molecule has 1 aromatic heterocycles. The summed E-state index contributed by atoms with van der Waals surface area (Å²) < 4.78 is 25.6. The van der Waals surface area contributed by atoms with Crippen molar-refractivity contribution < 1.29 is 13.2 Å². The van der Waals surface area contributed by atoms with Crippen molar-refractivity contribution in [1.82, 2.24) is 14.5 Å². The quantitative estimate of drug-likeness (QED) is 0.525. The van der Waals surface area contributed by atoms with Gasteiger partial charge in [-0.05, 0) is 30.5 Å². The minimum absolute atomic E-state index is 0.0650. The van der Waals surface area contributed by atoms with E-state index in [1.54, 1.807) is 11.9 Å². The van der Waals surface area contributed by atoms with Crippen molar-refractivity contribution >= 4 is 38.5 Å². The topological polar surface area (TPSA) is 72.3 Å². The smallest absolute Gasteiger partial charge is 0.233 e. The Kier molecular flexibility index (Phi) is 6.15. The fraction of sp³-hybridized carbons (Fsp3) is 0.364. The third-order valence-corrected chi connectivity index (χ3v) is 8.27. The van der Waals surface area contributed by atoms with Crippen molar-refractivity contribution in [3.05, 3.63) is 60.2 Å². The molecule has 0 spiro atoms. The second-order valence-electron chi connectivity index (χ2n) is 7.62. The highest BCUT2D eigenvalue weighted by molar-refractivity contribution is 7.99. The first-order chi connectivity index (χ1) is 14.4. The number of thioether (sulfide) groups is 1. The normalized spacial score (nSPS) is 18.0. The van der Waals surface area contributed by atoms with Crippen LogP contribution in [0.2, 0.25) is 0 Å². The number of carbonyl (C=O) groups excluding carboxylic acids is 1. The molecule has 8 heteroatoms. The van der Waals surface area contributed by atoms with Crippen molar-refractivity contribution in [2.24, 2.45) is 0 Å². The van der Waals surface area contributed by atoms with Gasteiger partial charge in [-0.2, -0.15) is 0 Å². The van der Waals surface area contributed by atoms with Gasteiger partial charge in [0.05, 0.1) is 28.3 Å². The molecule has 0 radical (unpaired) electrons. The molecule has 2 heterocycles. The molecule has 1 amide bonds. The van der Waals surface area contributed by atoms with Gasteiger partial charge in [0.25, 0.3) is 0 Å². The Balaban J connectivity index is 1.47. The number of nitrogens with zero attached hydrogens (tertiary/aromatic N) is 3. The lowest BCUT2D eigenvalue weighted by Gasteiger charge is -2.23. The summed E-state index contributed by atoms with van der Waals surface area (Å²) >= 11 is 1.41. The van der Waals surface area contributed by atoms with Gasteiger partial charge < -0.3 is 9.47 Å². The van der Waals surface area contributed by atoms with Crippen molar-refractivity contribution in [1.29, 1.82) is 0 Å². The van der Waals surface area contributed by atoms with Gasteiger partial charge in [-0.3, -0.25) is 4.79 Å². The van der Waals surface area contributed by atoms with Crippen molar-refractivity contribution in [2.75, 3.05) is 24.3 Å². The molecule has 6 nitrogen and oxygen atoms in total. The van der Waals surface area contributed by atoms with E-state index in [-0.39, 0.29) is 29.2 Å². The van der Waals surface area contributed by atoms with Crippen molar-refractivity contribution in [3.8, 4) is 0 Å². The minimum Gasteiger partial charge on any atom is -0.341 e. The highest BCUT2D eigenvalue weighted by Gasteiger charge is 2.32. The Morgan fingerprint density at radius 3 is 2.63 bits per heavy atom. The fourth-order valence-corrected chi connectivity index (χ4v) is 6.52. The first-order valence-corrected chi connectivity index (χ1v) is 12.8. The summed E-state index contributed by atoms with van der Waals surface area (Å²) in [4.78, 5) is 19.0. The maximum atomic E-state index is 12.7. The van der Waals surface area contributed by atoms with Crippen molar-refractivity contribution in [2.45, 2.75) is 30.6 Å². The predicted octanol–water partition coefficient (Wildman–Crippen LogP) is 3.02. The Hall–Kier alpha value is -2.32. The van der Waals surface area contributed by atoms with E-state index >= 15 is 0 Å². The molecular weight excluding hydrogens is 418 g/mol. The molecule has 3 aromatic rings. The van der Waals surface area contributed by atoms with Gasteiger partial charge in [0.15, 0.2) is 15.0 Å². The average Bonchev–Trinajstić information content (AvgIpc) is 3.30. The van der Waals surface area contributed by atoms with Gasteiger partial charge in [0.1, 0.15) is 0 Å². The van der Waals surface area contributed by atoms with Crippen LogP contribution in [0.5, 0.6) is 0 Å². The third kappa shape index (κ3) is 4.70. The summed E-state index contributed by atoms with van der Waals surface area (Å²) in [5.41, 5.74) is 3.22. The van der Waals surface area contributed by atoms with Gasteiger partial charge in [-0.25, -0.2) is 13.4 Å². The Bertz CT molecular complexity index is 1140. The molecular formula is C22H25N3O3S2. The number of sulfone groups is 1. The Morgan fingerprint density at radius 1 is 1.17 bits per heavy atom. The van der Waals surface area contributed by atoms with Crippen LogP contribution in [-0.2, 0) is 27.6 Å². The van der Waals surface area contributed by atoms with Crippen LogP contribution in [0.1, 0.15) is 12.0 Å². The molecule has 1 saturated heterocycles. The van der Waals surface area contributed by atoms with Crippen LogP contribution in [-0.4, -0.2) is 59.1 Å². The summed E-state index contributed by atoms with van der Waals surface area (Å²) in [5, 5.41) is 0.813. The molecule has 1 fully saturated rings. The average molecular weight is 444 g/mol. The van der Waals surface area contributed by atoms with Gasteiger partial charge in [-0.1, -0.05) is 54.2 Å². The predicted molar refractivity (Wildman–Crippen MR) is 120 cm³/mol. The summed E-state index contributed by atoms with van der Waals surface area (Å²) in [7, 11) is -1.31. The summed E-state index contributed by atoms with van der Waals surface area (Å²) in [6, 6.07) is 18.1. The molecule has 0 saturated carbocycles. The van der Waals surface area contributed by atoms with E-state index in [0.717, 1.165) is 29.2 Å². The SMILES string of the molecule is CN(C(=O)CSc1nc2ccccc2n1CCc1ccccc1)[C@@H]1CCS(=O)(=O)C1. The van der Waals surface area contributed by atoms with Crippen LogP contribution in [0.25, 0.3) is 11.0 Å². The van der Waals surface area contributed by atoms with E-state index in [0.29, 0.717) is 6.42 Å². The highest BCUT2D eigenvalue weighted by atomic mass is 32.2. The number of fused-ring (bicyclic) bond motifs is 1. The Labute approximate surface area is 181 Å². The summed E-state index contributed by atoms with van der Waals surface area (Å²) in [6.07, 6.45) is 1.40. The first kappa shape index (κ1) is 20.9. The molecule has 30 heavy (non-hydrogen) atoms. The Morgan fingerprint density at radius 2 is 1.90 bits per heavy atom. The number of aryl methyl sites for hydroxylation is 2. The number of rotatable bonds is 7. The van der Waals surface area contributed by atoms with E-state index in [2.05, 4.69) is 22.8 Å². The molecule has 2 aromatic carbocycles. The van der Waals surface area contributed by atoms with Gasteiger partial charge in [-0.15, -0.1) is 0 Å². The van der Waals surface area contributed by atoms with E-state index in [4.69, 9.17) is 4.98 Å². The van der Waals surface area contributed by atoms with E-state index in [1.807, 2.05) is 36.4 Å². The minimum atomic E-state index is -3.02. The standard InChI is InChI=1S/C22H25N3O3S2/c1-24(18-12-14-30(27,28)16-18)21(26)15-29-22-23-19-9-5-6-10-20(19)25(22)13-11-17-7-3-2-4-8-17/h2-10,18H,11-16H2,1H3/t18-/m1/s1. The van der Waals surface area contributed by atoms with Crippen molar-refractivity contribution in [3.63, 3.8) is 0 Å². The van der Waals surface area contributed by atoms with Crippen LogP contribution in [0.3, 0.4) is 0 Å². The monoisotopic (exact) mass is 443 g/mol. The molecule has 1 atom stereocenters. The number of carbonyl (C=O) groups is 1. The fourth-order valence-electron chi connectivity index (χ4n) is 3.78. The van der Waals surface area contributed by atoms with E-state index in [1.165, 1.54) is 17.3 Å². The molecule has 1 aliphatic heterocycles. The van der Waals surface area contributed by atoms with Crippen LogP contribution >= 0.6 is 11.8 Å². The molecule has 158 valence electrons. The van der Waals surface area contributed by atoms with Crippen LogP contribution in [0.15, 0.2) is 59.8 Å². The first-order valence-electron chi connectivity index (χ1n) is 10.0. The lowest BCUT2D eigenvalue weighted by atomic mass is 10.1. The molecule has 0 bridgehead atoms. The zero-order valence-corrected chi connectivity index (χ0v) is 18.5. The highest BCUT2D eigenvalue weighted by Crippen LogP contribution is 2.26.